The molecule has 0 spiro atoms. The monoisotopic (exact) mass is 207 g/mol. The van der Waals surface area contributed by atoms with E-state index < -0.39 is 0 Å². The van der Waals surface area contributed by atoms with Crippen LogP contribution in [0.25, 0.3) is 0 Å². The molecule has 1 amide bonds. The summed E-state index contributed by atoms with van der Waals surface area (Å²) in [7, 11) is 0. The van der Waals surface area contributed by atoms with Gasteiger partial charge in [0.1, 0.15) is 0 Å². The van der Waals surface area contributed by atoms with Crippen LogP contribution >= 0.6 is 0 Å². The number of hydrogen-bond acceptors (Lipinski definition) is 1. The van der Waals surface area contributed by atoms with Gasteiger partial charge >= 0.3 is 0 Å². The number of nitrogens with zero attached hydrogens (tertiary/aromatic N) is 1. The molecule has 0 aromatic heterocycles. The van der Waals surface area contributed by atoms with E-state index in [-0.39, 0.29) is 5.92 Å². The molecule has 1 aliphatic heterocycles. The fraction of sp³-hybridized carbons (Fsp3) is 0.769. The maximum atomic E-state index is 12.2. The van der Waals surface area contributed by atoms with Crippen molar-refractivity contribution in [3.63, 3.8) is 0 Å². The van der Waals surface area contributed by atoms with Gasteiger partial charge in [-0.3, -0.25) is 4.79 Å². The highest BCUT2D eigenvalue weighted by atomic mass is 16.2. The highest BCUT2D eigenvalue weighted by Gasteiger charge is 2.23. The van der Waals surface area contributed by atoms with Crippen LogP contribution in [-0.2, 0) is 4.79 Å². The van der Waals surface area contributed by atoms with E-state index in [1.807, 2.05) is 0 Å². The van der Waals surface area contributed by atoms with Gasteiger partial charge in [-0.25, -0.2) is 0 Å². The molecule has 2 aliphatic rings. The number of carbonyl (C=O) groups excluding carboxylic acids is 1. The predicted octanol–water partition coefficient (Wildman–Crippen LogP) is 2.75. The van der Waals surface area contributed by atoms with E-state index in [0.717, 1.165) is 25.9 Å². The molecule has 0 aromatic rings. The van der Waals surface area contributed by atoms with Gasteiger partial charge < -0.3 is 4.90 Å². The summed E-state index contributed by atoms with van der Waals surface area (Å²) in [4.78, 5) is 14.3. The summed E-state index contributed by atoms with van der Waals surface area (Å²) in [6.45, 7) is 1.98. The molecule has 84 valence electrons. The van der Waals surface area contributed by atoms with Crippen molar-refractivity contribution < 1.29 is 4.79 Å². The smallest absolute Gasteiger partial charge is 0.229 e. The zero-order valence-electron chi connectivity index (χ0n) is 9.45. The first-order chi connectivity index (χ1) is 7.38. The van der Waals surface area contributed by atoms with E-state index in [0.29, 0.717) is 5.91 Å². The molecule has 0 unspecified atom stereocenters. The molecule has 1 fully saturated rings. The van der Waals surface area contributed by atoms with Crippen molar-refractivity contribution in [2.45, 2.75) is 44.9 Å². The standard InChI is InChI=1S/C13H21NO/c15-13(12-8-4-3-5-9-12)14-10-6-1-2-7-11-14/h4,8,12H,1-3,5-7,9-11H2/t12-/m1/s1. The van der Waals surface area contributed by atoms with Crippen LogP contribution in [0, 0.1) is 5.92 Å². The second kappa shape index (κ2) is 5.34. The molecule has 2 nitrogen and oxygen atoms in total. The lowest BCUT2D eigenvalue weighted by atomic mass is 9.94. The number of likely N-dealkylation sites (tertiary alicyclic amines) is 1. The molecule has 2 heteroatoms. The van der Waals surface area contributed by atoms with Crippen molar-refractivity contribution in [1.29, 1.82) is 0 Å². The maximum Gasteiger partial charge on any atom is 0.229 e. The normalized spacial score (nSPS) is 27.5. The number of amides is 1. The number of allylic oxidation sites excluding steroid dienone is 1. The molecule has 1 saturated heterocycles. The molecule has 1 atom stereocenters. The Kier molecular flexibility index (Phi) is 3.81. The Morgan fingerprint density at radius 2 is 1.80 bits per heavy atom. The highest BCUT2D eigenvalue weighted by molar-refractivity contribution is 5.80. The number of carbonyl (C=O) groups is 1. The van der Waals surface area contributed by atoms with Crippen molar-refractivity contribution in [1.82, 2.24) is 4.90 Å². The summed E-state index contributed by atoms with van der Waals surface area (Å²) in [5.74, 6) is 0.574. The Morgan fingerprint density at radius 1 is 1.07 bits per heavy atom. The molecule has 1 aliphatic carbocycles. The van der Waals surface area contributed by atoms with Gasteiger partial charge in [0.25, 0.3) is 0 Å². The Morgan fingerprint density at radius 3 is 2.40 bits per heavy atom. The average molecular weight is 207 g/mol. The zero-order valence-corrected chi connectivity index (χ0v) is 9.45. The van der Waals surface area contributed by atoms with Crippen LogP contribution in [0.4, 0.5) is 0 Å². The summed E-state index contributed by atoms with van der Waals surface area (Å²) < 4.78 is 0. The zero-order chi connectivity index (χ0) is 10.5. The van der Waals surface area contributed by atoms with Crippen LogP contribution < -0.4 is 0 Å². The van der Waals surface area contributed by atoms with Gasteiger partial charge in [-0.05, 0) is 32.1 Å². The van der Waals surface area contributed by atoms with Crippen LogP contribution in [0.5, 0.6) is 0 Å². The minimum atomic E-state index is 0.192. The van der Waals surface area contributed by atoms with Crippen LogP contribution in [-0.4, -0.2) is 23.9 Å². The first-order valence-electron chi connectivity index (χ1n) is 6.33. The van der Waals surface area contributed by atoms with Crippen molar-refractivity contribution >= 4 is 5.91 Å². The fourth-order valence-electron chi connectivity index (χ4n) is 2.54. The van der Waals surface area contributed by atoms with Crippen molar-refractivity contribution in [2.75, 3.05) is 13.1 Å². The second-order valence-electron chi connectivity index (χ2n) is 4.71. The molecular formula is C13H21NO. The van der Waals surface area contributed by atoms with Gasteiger partial charge in [0, 0.05) is 13.1 Å². The third-order valence-electron chi connectivity index (χ3n) is 3.49. The van der Waals surface area contributed by atoms with Gasteiger partial charge in [0.2, 0.25) is 5.91 Å². The molecular weight excluding hydrogens is 186 g/mol. The van der Waals surface area contributed by atoms with Gasteiger partial charge in [0.15, 0.2) is 0 Å². The average Bonchev–Trinajstić information content (AvgIpc) is 2.58. The Balaban J connectivity index is 1.92. The predicted molar refractivity (Wildman–Crippen MR) is 61.5 cm³/mol. The van der Waals surface area contributed by atoms with E-state index in [9.17, 15) is 4.79 Å². The van der Waals surface area contributed by atoms with E-state index in [2.05, 4.69) is 17.1 Å². The fourth-order valence-corrected chi connectivity index (χ4v) is 2.54. The quantitative estimate of drug-likeness (QED) is 0.605. The molecule has 0 radical (unpaired) electrons. The highest BCUT2D eigenvalue weighted by Crippen LogP contribution is 2.21. The van der Waals surface area contributed by atoms with E-state index in [4.69, 9.17) is 0 Å². The first-order valence-corrected chi connectivity index (χ1v) is 6.33. The summed E-state index contributed by atoms with van der Waals surface area (Å²) in [6.07, 6.45) is 12.7. The van der Waals surface area contributed by atoms with Crippen LogP contribution in [0.15, 0.2) is 12.2 Å². The molecule has 0 saturated carbocycles. The maximum absolute atomic E-state index is 12.2. The SMILES string of the molecule is O=C([C@@H]1C=CCCC1)N1CCCCCC1. The topological polar surface area (TPSA) is 20.3 Å². The van der Waals surface area contributed by atoms with Crippen LogP contribution in [0.3, 0.4) is 0 Å². The largest absolute Gasteiger partial charge is 0.342 e. The Bertz CT molecular complexity index is 239. The van der Waals surface area contributed by atoms with Gasteiger partial charge in [-0.1, -0.05) is 25.0 Å². The summed E-state index contributed by atoms with van der Waals surface area (Å²) in [6, 6.07) is 0. The van der Waals surface area contributed by atoms with Gasteiger partial charge in [-0.2, -0.15) is 0 Å². The minimum Gasteiger partial charge on any atom is -0.342 e. The molecule has 1 heterocycles. The van der Waals surface area contributed by atoms with Gasteiger partial charge in [0.05, 0.1) is 5.92 Å². The van der Waals surface area contributed by atoms with Crippen molar-refractivity contribution in [3.05, 3.63) is 12.2 Å². The van der Waals surface area contributed by atoms with E-state index in [1.54, 1.807) is 0 Å². The van der Waals surface area contributed by atoms with Crippen molar-refractivity contribution in [2.24, 2.45) is 5.92 Å². The Labute approximate surface area is 92.3 Å². The van der Waals surface area contributed by atoms with Gasteiger partial charge in [-0.15, -0.1) is 0 Å². The lowest BCUT2D eigenvalue weighted by molar-refractivity contribution is -0.134. The van der Waals surface area contributed by atoms with E-state index in [1.165, 1.54) is 32.1 Å². The third-order valence-corrected chi connectivity index (χ3v) is 3.49. The lowest BCUT2D eigenvalue weighted by Gasteiger charge is -2.25. The number of hydrogen-bond donors (Lipinski definition) is 0. The Hall–Kier alpha value is -0.790. The lowest BCUT2D eigenvalue weighted by Crippen LogP contribution is -2.36. The van der Waals surface area contributed by atoms with Crippen LogP contribution in [0.2, 0.25) is 0 Å². The van der Waals surface area contributed by atoms with Crippen molar-refractivity contribution in [3.8, 4) is 0 Å². The summed E-state index contributed by atoms with van der Waals surface area (Å²) in [5, 5.41) is 0. The second-order valence-corrected chi connectivity index (χ2v) is 4.71. The molecule has 0 bridgehead atoms. The molecule has 0 aromatic carbocycles. The first kappa shape index (κ1) is 10.7. The van der Waals surface area contributed by atoms with Crippen LogP contribution in [0.1, 0.15) is 44.9 Å². The molecule has 15 heavy (non-hydrogen) atoms. The third kappa shape index (κ3) is 2.83. The molecule has 2 rings (SSSR count). The summed E-state index contributed by atoms with van der Waals surface area (Å²) >= 11 is 0. The van der Waals surface area contributed by atoms with E-state index >= 15 is 0 Å². The summed E-state index contributed by atoms with van der Waals surface area (Å²) in [5.41, 5.74) is 0. The minimum absolute atomic E-state index is 0.192. The molecule has 0 N–H and O–H groups in total. The number of rotatable bonds is 1.